The standard InChI is InChI=1S/C15H11Br2F3/c16-13(10-4-2-1-3-5-10)8-11-6-7-12(9-14(11)17)15(18,19)20/h1-7,9,13H,8H2. The summed E-state index contributed by atoms with van der Waals surface area (Å²) in [5.41, 5.74) is 1.29. The maximum atomic E-state index is 12.6. The minimum atomic E-state index is -4.31. The monoisotopic (exact) mass is 406 g/mol. The molecule has 2 rings (SSSR count). The van der Waals surface area contributed by atoms with E-state index in [-0.39, 0.29) is 4.83 Å². The van der Waals surface area contributed by atoms with Gasteiger partial charge in [0.2, 0.25) is 0 Å². The van der Waals surface area contributed by atoms with Crippen LogP contribution in [0.4, 0.5) is 13.2 Å². The highest BCUT2D eigenvalue weighted by atomic mass is 79.9. The predicted octanol–water partition coefficient (Wildman–Crippen LogP) is 6.15. The summed E-state index contributed by atoms with van der Waals surface area (Å²) in [6.45, 7) is 0. The fraction of sp³-hybridized carbons (Fsp3) is 0.200. The third kappa shape index (κ3) is 3.85. The van der Waals surface area contributed by atoms with Crippen molar-refractivity contribution in [1.82, 2.24) is 0 Å². The Balaban J connectivity index is 2.18. The van der Waals surface area contributed by atoms with Gasteiger partial charge in [-0.2, -0.15) is 13.2 Å². The first kappa shape index (κ1) is 15.6. The third-order valence-corrected chi connectivity index (χ3v) is 4.53. The molecule has 0 saturated carbocycles. The molecule has 0 aromatic heterocycles. The van der Waals surface area contributed by atoms with Gasteiger partial charge in [0.05, 0.1) is 5.56 Å². The van der Waals surface area contributed by atoms with E-state index in [2.05, 4.69) is 31.9 Å². The SMILES string of the molecule is FC(F)(F)c1ccc(CC(Br)c2ccccc2)c(Br)c1. The zero-order chi connectivity index (χ0) is 14.8. The van der Waals surface area contributed by atoms with Gasteiger partial charge in [-0.1, -0.05) is 68.3 Å². The Kier molecular flexibility index (Phi) is 4.91. The molecule has 0 amide bonds. The Morgan fingerprint density at radius 2 is 1.65 bits per heavy atom. The summed E-state index contributed by atoms with van der Waals surface area (Å²) in [7, 11) is 0. The van der Waals surface area contributed by atoms with Gasteiger partial charge >= 0.3 is 6.18 Å². The van der Waals surface area contributed by atoms with Gasteiger partial charge in [-0.25, -0.2) is 0 Å². The van der Waals surface area contributed by atoms with Crippen molar-refractivity contribution < 1.29 is 13.2 Å². The zero-order valence-electron chi connectivity index (χ0n) is 10.3. The summed E-state index contributed by atoms with van der Waals surface area (Å²) in [4.78, 5) is 0.0664. The van der Waals surface area contributed by atoms with Crippen LogP contribution in [0.1, 0.15) is 21.5 Å². The van der Waals surface area contributed by atoms with Crippen LogP contribution in [-0.4, -0.2) is 0 Å². The third-order valence-electron chi connectivity index (χ3n) is 2.94. The molecule has 1 unspecified atom stereocenters. The van der Waals surface area contributed by atoms with E-state index in [0.29, 0.717) is 10.9 Å². The molecule has 0 saturated heterocycles. The van der Waals surface area contributed by atoms with E-state index in [1.165, 1.54) is 6.07 Å². The minimum absolute atomic E-state index is 0.0664. The Hall–Kier alpha value is -0.810. The van der Waals surface area contributed by atoms with Gasteiger partial charge in [-0.15, -0.1) is 0 Å². The molecule has 0 N–H and O–H groups in total. The van der Waals surface area contributed by atoms with Gasteiger partial charge < -0.3 is 0 Å². The van der Waals surface area contributed by atoms with Crippen LogP contribution in [0, 0.1) is 0 Å². The van der Waals surface area contributed by atoms with Gasteiger partial charge in [-0.05, 0) is 29.7 Å². The largest absolute Gasteiger partial charge is 0.416 e. The molecule has 0 aliphatic carbocycles. The van der Waals surface area contributed by atoms with Crippen LogP contribution in [0.3, 0.4) is 0 Å². The smallest absolute Gasteiger partial charge is 0.166 e. The molecule has 5 heteroatoms. The molecule has 0 bridgehead atoms. The Labute approximate surface area is 132 Å². The molecular weight excluding hydrogens is 397 g/mol. The summed E-state index contributed by atoms with van der Waals surface area (Å²) >= 11 is 6.79. The molecule has 0 radical (unpaired) electrons. The summed E-state index contributed by atoms with van der Waals surface area (Å²) in [5.74, 6) is 0. The lowest BCUT2D eigenvalue weighted by Crippen LogP contribution is -2.05. The number of alkyl halides is 4. The second-order valence-corrected chi connectivity index (χ2v) is 6.35. The molecule has 20 heavy (non-hydrogen) atoms. The van der Waals surface area contributed by atoms with Crippen LogP contribution in [0.5, 0.6) is 0 Å². The van der Waals surface area contributed by atoms with Crippen molar-refractivity contribution >= 4 is 31.9 Å². The highest BCUT2D eigenvalue weighted by molar-refractivity contribution is 9.10. The van der Waals surface area contributed by atoms with Crippen LogP contribution >= 0.6 is 31.9 Å². The second-order valence-electron chi connectivity index (χ2n) is 4.39. The lowest BCUT2D eigenvalue weighted by Gasteiger charge is -2.13. The molecule has 1 atom stereocenters. The summed E-state index contributed by atoms with van der Waals surface area (Å²) in [6.07, 6.45) is -3.70. The van der Waals surface area contributed by atoms with Crippen molar-refractivity contribution in [3.05, 3.63) is 69.7 Å². The maximum Gasteiger partial charge on any atom is 0.416 e. The van der Waals surface area contributed by atoms with E-state index in [1.807, 2.05) is 30.3 Å². The molecule has 0 fully saturated rings. The van der Waals surface area contributed by atoms with Crippen molar-refractivity contribution in [2.45, 2.75) is 17.4 Å². The molecule has 0 aliphatic heterocycles. The molecule has 0 aliphatic rings. The van der Waals surface area contributed by atoms with E-state index < -0.39 is 11.7 Å². The number of hydrogen-bond acceptors (Lipinski definition) is 0. The lowest BCUT2D eigenvalue weighted by molar-refractivity contribution is -0.137. The van der Waals surface area contributed by atoms with Crippen LogP contribution < -0.4 is 0 Å². The molecule has 0 spiro atoms. The predicted molar refractivity (Wildman–Crippen MR) is 81.0 cm³/mol. The van der Waals surface area contributed by atoms with E-state index >= 15 is 0 Å². The summed E-state index contributed by atoms with van der Waals surface area (Å²) < 4.78 is 38.3. The van der Waals surface area contributed by atoms with Gasteiger partial charge in [-0.3, -0.25) is 0 Å². The van der Waals surface area contributed by atoms with E-state index in [4.69, 9.17) is 0 Å². The number of rotatable bonds is 3. The fourth-order valence-corrected chi connectivity index (χ4v) is 3.06. The van der Waals surface area contributed by atoms with Crippen molar-refractivity contribution in [2.75, 3.05) is 0 Å². The van der Waals surface area contributed by atoms with Gasteiger partial charge in [0, 0.05) is 9.30 Å². The quantitative estimate of drug-likeness (QED) is 0.535. The Bertz CT molecular complexity index is 579. The van der Waals surface area contributed by atoms with Gasteiger partial charge in [0.15, 0.2) is 0 Å². The average Bonchev–Trinajstić information content (AvgIpc) is 2.41. The van der Waals surface area contributed by atoms with Crippen LogP contribution in [-0.2, 0) is 12.6 Å². The molecule has 2 aromatic rings. The lowest BCUT2D eigenvalue weighted by atomic mass is 10.0. The Morgan fingerprint density at radius 1 is 1.00 bits per heavy atom. The highest BCUT2D eigenvalue weighted by Crippen LogP contribution is 2.35. The van der Waals surface area contributed by atoms with E-state index in [9.17, 15) is 13.2 Å². The normalized spacial score (nSPS) is 13.2. The first-order chi connectivity index (χ1) is 9.38. The molecule has 0 heterocycles. The summed E-state index contributed by atoms with van der Waals surface area (Å²) in [5, 5.41) is 0. The first-order valence-electron chi connectivity index (χ1n) is 5.92. The van der Waals surface area contributed by atoms with Crippen molar-refractivity contribution in [2.24, 2.45) is 0 Å². The fourth-order valence-electron chi connectivity index (χ4n) is 1.86. The first-order valence-corrected chi connectivity index (χ1v) is 7.63. The zero-order valence-corrected chi connectivity index (χ0v) is 13.5. The van der Waals surface area contributed by atoms with Crippen molar-refractivity contribution in [3.8, 4) is 0 Å². The topological polar surface area (TPSA) is 0 Å². The minimum Gasteiger partial charge on any atom is -0.166 e. The van der Waals surface area contributed by atoms with Crippen molar-refractivity contribution in [3.63, 3.8) is 0 Å². The van der Waals surface area contributed by atoms with Crippen LogP contribution in [0.25, 0.3) is 0 Å². The maximum absolute atomic E-state index is 12.6. The van der Waals surface area contributed by atoms with E-state index in [1.54, 1.807) is 0 Å². The average molecular weight is 408 g/mol. The van der Waals surface area contributed by atoms with Crippen LogP contribution in [0.2, 0.25) is 0 Å². The highest BCUT2D eigenvalue weighted by Gasteiger charge is 2.30. The van der Waals surface area contributed by atoms with Gasteiger partial charge in [0.25, 0.3) is 0 Å². The Morgan fingerprint density at radius 3 is 2.20 bits per heavy atom. The van der Waals surface area contributed by atoms with Crippen LogP contribution in [0.15, 0.2) is 53.0 Å². The molecule has 0 nitrogen and oxygen atoms in total. The molecule has 2 aromatic carbocycles. The van der Waals surface area contributed by atoms with Gasteiger partial charge in [0.1, 0.15) is 0 Å². The second kappa shape index (κ2) is 6.31. The van der Waals surface area contributed by atoms with Crippen molar-refractivity contribution in [1.29, 1.82) is 0 Å². The molecular formula is C15H11Br2F3. The number of benzene rings is 2. The number of hydrogen-bond donors (Lipinski definition) is 0. The number of halogens is 5. The summed E-state index contributed by atoms with van der Waals surface area (Å²) in [6, 6.07) is 13.5. The van der Waals surface area contributed by atoms with E-state index in [0.717, 1.165) is 23.3 Å². The molecule has 106 valence electrons.